The van der Waals surface area contributed by atoms with Gasteiger partial charge in [0.05, 0.1) is 6.20 Å². The van der Waals surface area contributed by atoms with E-state index in [1.165, 1.54) is 6.20 Å². The fourth-order valence-electron chi connectivity index (χ4n) is 2.49. The first-order chi connectivity index (χ1) is 9.06. The summed E-state index contributed by atoms with van der Waals surface area (Å²) in [5.74, 6) is 0.691. The summed E-state index contributed by atoms with van der Waals surface area (Å²) in [4.78, 5) is 9.17. The van der Waals surface area contributed by atoms with Gasteiger partial charge in [-0.15, -0.1) is 0 Å². The molecule has 7 heteroatoms. The maximum absolute atomic E-state index is 12.1. The zero-order valence-electron chi connectivity index (χ0n) is 11.5. The van der Waals surface area contributed by atoms with Gasteiger partial charge in [0, 0.05) is 19.0 Å². The molecule has 2 heterocycles. The van der Waals surface area contributed by atoms with Crippen molar-refractivity contribution < 1.29 is 8.42 Å². The maximum atomic E-state index is 12.1. The fraction of sp³-hybridized carbons (Fsp3) is 0.750. The first-order valence-electron chi connectivity index (χ1n) is 6.84. The highest BCUT2D eigenvalue weighted by Gasteiger charge is 2.25. The lowest BCUT2D eigenvalue weighted by atomic mass is 10.2. The van der Waals surface area contributed by atoms with Crippen LogP contribution in [0, 0.1) is 0 Å². The molecule has 0 spiro atoms. The number of nitrogens with one attached hydrogen (secondary N) is 2. The van der Waals surface area contributed by atoms with Crippen LogP contribution in [0.4, 0.5) is 0 Å². The Hall–Kier alpha value is -0.920. The van der Waals surface area contributed by atoms with Gasteiger partial charge in [-0.2, -0.15) is 0 Å². The molecule has 0 radical (unpaired) electrons. The van der Waals surface area contributed by atoms with Crippen molar-refractivity contribution in [3.8, 4) is 0 Å². The average molecular weight is 286 g/mol. The molecule has 1 atom stereocenters. The van der Waals surface area contributed by atoms with Crippen molar-refractivity contribution in [2.45, 2.75) is 44.2 Å². The summed E-state index contributed by atoms with van der Waals surface area (Å²) in [6.07, 6.45) is 4.28. The summed E-state index contributed by atoms with van der Waals surface area (Å²) in [6.45, 7) is 6.54. The Bertz CT molecular complexity index is 512. The van der Waals surface area contributed by atoms with Crippen LogP contribution in [0.25, 0.3) is 0 Å². The Kier molecular flexibility index (Phi) is 4.59. The molecular weight excluding hydrogens is 264 g/mol. The standard InChI is InChI=1S/C12H22N4O2S/c1-3-11-13-9-12(15-11)19(17,18)14-8-10-6-5-7-16(10)4-2/h9-10,14H,3-8H2,1-2H3,(H,13,15). The van der Waals surface area contributed by atoms with E-state index in [9.17, 15) is 8.42 Å². The van der Waals surface area contributed by atoms with Crippen LogP contribution in [0.5, 0.6) is 0 Å². The van der Waals surface area contributed by atoms with Gasteiger partial charge >= 0.3 is 0 Å². The summed E-state index contributed by atoms with van der Waals surface area (Å²) in [7, 11) is -3.46. The van der Waals surface area contributed by atoms with Gasteiger partial charge < -0.3 is 4.98 Å². The molecule has 0 bridgehead atoms. The predicted molar refractivity (Wildman–Crippen MR) is 73.4 cm³/mol. The summed E-state index contributed by atoms with van der Waals surface area (Å²) in [6, 6.07) is 0.313. The zero-order chi connectivity index (χ0) is 13.9. The SMILES string of the molecule is CCc1ncc(S(=O)(=O)NCC2CCCN2CC)[nH]1. The molecule has 1 aromatic rings. The molecule has 1 saturated heterocycles. The minimum atomic E-state index is -3.46. The lowest BCUT2D eigenvalue weighted by molar-refractivity contribution is 0.268. The van der Waals surface area contributed by atoms with Crippen LogP contribution in [-0.2, 0) is 16.4 Å². The number of hydrogen-bond acceptors (Lipinski definition) is 4. The van der Waals surface area contributed by atoms with Crippen molar-refractivity contribution in [1.29, 1.82) is 0 Å². The second-order valence-electron chi connectivity index (χ2n) is 4.82. The molecule has 0 aromatic carbocycles. The molecule has 2 N–H and O–H groups in total. The van der Waals surface area contributed by atoms with Crippen LogP contribution in [-0.4, -0.2) is 49.0 Å². The van der Waals surface area contributed by atoms with Gasteiger partial charge in [0.15, 0.2) is 5.03 Å². The number of imidazole rings is 1. The highest BCUT2D eigenvalue weighted by molar-refractivity contribution is 7.89. The van der Waals surface area contributed by atoms with Crippen LogP contribution in [0.1, 0.15) is 32.5 Å². The summed E-state index contributed by atoms with van der Waals surface area (Å²) in [5.41, 5.74) is 0. The minimum Gasteiger partial charge on any atom is -0.332 e. The van der Waals surface area contributed by atoms with Gasteiger partial charge in [-0.1, -0.05) is 13.8 Å². The third-order valence-corrected chi connectivity index (χ3v) is 4.98. The molecule has 108 valence electrons. The molecular formula is C12H22N4O2S. The number of rotatable bonds is 6. The third kappa shape index (κ3) is 3.34. The Morgan fingerprint density at radius 2 is 2.32 bits per heavy atom. The maximum Gasteiger partial charge on any atom is 0.257 e. The fourth-order valence-corrected chi connectivity index (χ4v) is 3.50. The predicted octanol–water partition coefficient (Wildman–Crippen LogP) is 0.735. The summed E-state index contributed by atoms with van der Waals surface area (Å²) < 4.78 is 26.9. The van der Waals surface area contributed by atoms with E-state index < -0.39 is 10.0 Å². The number of aromatic nitrogens is 2. The second-order valence-corrected chi connectivity index (χ2v) is 6.56. The molecule has 0 amide bonds. The molecule has 0 aliphatic carbocycles. The van der Waals surface area contributed by atoms with Crippen LogP contribution in [0.2, 0.25) is 0 Å². The molecule has 1 fully saturated rings. The molecule has 0 saturated carbocycles. The Morgan fingerprint density at radius 3 is 2.95 bits per heavy atom. The van der Waals surface area contributed by atoms with Gasteiger partial charge in [0.1, 0.15) is 5.82 Å². The number of H-pyrrole nitrogens is 1. The average Bonchev–Trinajstić information content (AvgIpc) is 3.05. The van der Waals surface area contributed by atoms with Crippen LogP contribution in [0.15, 0.2) is 11.2 Å². The van der Waals surface area contributed by atoms with Crippen molar-refractivity contribution in [2.75, 3.05) is 19.6 Å². The Labute approximate surface area is 114 Å². The molecule has 6 nitrogen and oxygen atoms in total. The van der Waals surface area contributed by atoms with E-state index in [0.29, 0.717) is 24.8 Å². The number of aryl methyl sites for hydroxylation is 1. The van der Waals surface area contributed by atoms with Gasteiger partial charge in [0.25, 0.3) is 10.0 Å². The number of likely N-dealkylation sites (N-methyl/N-ethyl adjacent to an activating group) is 1. The lowest BCUT2D eigenvalue weighted by Gasteiger charge is -2.22. The van der Waals surface area contributed by atoms with E-state index in [1.807, 2.05) is 6.92 Å². The quantitative estimate of drug-likeness (QED) is 0.808. The van der Waals surface area contributed by atoms with E-state index in [2.05, 4.69) is 26.5 Å². The van der Waals surface area contributed by atoms with Crippen molar-refractivity contribution in [3.63, 3.8) is 0 Å². The highest BCUT2D eigenvalue weighted by Crippen LogP contribution is 2.16. The van der Waals surface area contributed by atoms with Crippen molar-refractivity contribution in [2.24, 2.45) is 0 Å². The molecule has 1 unspecified atom stereocenters. The van der Waals surface area contributed by atoms with Crippen molar-refractivity contribution in [1.82, 2.24) is 19.6 Å². The Balaban J connectivity index is 1.97. The van der Waals surface area contributed by atoms with Crippen molar-refractivity contribution in [3.05, 3.63) is 12.0 Å². The monoisotopic (exact) mass is 286 g/mol. The highest BCUT2D eigenvalue weighted by atomic mass is 32.2. The smallest absolute Gasteiger partial charge is 0.257 e. The molecule has 19 heavy (non-hydrogen) atoms. The minimum absolute atomic E-state index is 0.158. The third-order valence-electron chi connectivity index (χ3n) is 3.64. The van der Waals surface area contributed by atoms with Crippen LogP contribution in [0.3, 0.4) is 0 Å². The van der Waals surface area contributed by atoms with E-state index >= 15 is 0 Å². The lowest BCUT2D eigenvalue weighted by Crippen LogP contribution is -2.40. The summed E-state index contributed by atoms with van der Waals surface area (Å²) in [5, 5.41) is 0.158. The normalized spacial score (nSPS) is 21.1. The second kappa shape index (κ2) is 6.02. The topological polar surface area (TPSA) is 78.1 Å². The van der Waals surface area contributed by atoms with E-state index in [1.54, 1.807) is 0 Å². The molecule has 1 aliphatic heterocycles. The Morgan fingerprint density at radius 1 is 1.53 bits per heavy atom. The van der Waals surface area contributed by atoms with E-state index in [0.717, 1.165) is 25.9 Å². The number of hydrogen-bond donors (Lipinski definition) is 2. The molecule has 1 aliphatic rings. The van der Waals surface area contributed by atoms with Crippen LogP contribution >= 0.6 is 0 Å². The first-order valence-corrected chi connectivity index (χ1v) is 8.32. The molecule has 1 aromatic heterocycles. The van der Waals surface area contributed by atoms with Crippen LogP contribution < -0.4 is 4.72 Å². The van der Waals surface area contributed by atoms with Gasteiger partial charge in [-0.05, 0) is 25.9 Å². The summed E-state index contributed by atoms with van der Waals surface area (Å²) >= 11 is 0. The van der Waals surface area contributed by atoms with E-state index in [-0.39, 0.29) is 5.03 Å². The van der Waals surface area contributed by atoms with Gasteiger partial charge in [-0.25, -0.2) is 18.1 Å². The van der Waals surface area contributed by atoms with Crippen molar-refractivity contribution >= 4 is 10.0 Å². The number of likely N-dealkylation sites (tertiary alicyclic amines) is 1. The van der Waals surface area contributed by atoms with Gasteiger partial charge in [0.2, 0.25) is 0 Å². The molecule has 2 rings (SSSR count). The number of aromatic amines is 1. The first kappa shape index (κ1) is 14.5. The van der Waals surface area contributed by atoms with Gasteiger partial charge in [-0.3, -0.25) is 4.90 Å². The number of sulfonamides is 1. The number of nitrogens with zero attached hydrogens (tertiary/aromatic N) is 2. The largest absolute Gasteiger partial charge is 0.332 e. The van der Waals surface area contributed by atoms with E-state index in [4.69, 9.17) is 0 Å². The zero-order valence-corrected chi connectivity index (χ0v) is 12.3.